The van der Waals surface area contributed by atoms with E-state index >= 15 is 0 Å². The summed E-state index contributed by atoms with van der Waals surface area (Å²) in [5.41, 5.74) is 0. The molecular weight excluding hydrogens is 232 g/mol. The summed E-state index contributed by atoms with van der Waals surface area (Å²) in [7, 11) is 0. The van der Waals surface area contributed by atoms with E-state index < -0.39 is 0 Å². The first-order valence-corrected chi connectivity index (χ1v) is 3.93. The number of hydrogen-bond acceptors (Lipinski definition) is 0. The van der Waals surface area contributed by atoms with Gasteiger partial charge in [0.25, 0.3) is 0 Å². The zero-order valence-corrected chi connectivity index (χ0v) is 7.39. The van der Waals surface area contributed by atoms with E-state index in [1.54, 1.807) is 9.97 Å². The standard InChI is InChI=1S/C6H6Br2/c7-5-3-1-2-4-6-8/h1-6H/b2-1+,5-3+,6-4+. The molecule has 8 heavy (non-hydrogen) atoms. The van der Waals surface area contributed by atoms with Crippen LogP contribution >= 0.6 is 31.9 Å². The van der Waals surface area contributed by atoms with E-state index in [4.69, 9.17) is 0 Å². The maximum absolute atomic E-state index is 3.13. The molecule has 0 aromatic carbocycles. The fraction of sp³-hybridized carbons (Fsp3) is 0. The predicted octanol–water partition coefficient (Wildman–Crippen LogP) is 3.36. The Morgan fingerprint density at radius 3 is 1.25 bits per heavy atom. The molecule has 0 spiro atoms. The van der Waals surface area contributed by atoms with Gasteiger partial charge in [-0.1, -0.05) is 56.2 Å². The maximum Gasteiger partial charge on any atom is -0.0189 e. The van der Waals surface area contributed by atoms with Crippen LogP contribution < -0.4 is 0 Å². The van der Waals surface area contributed by atoms with E-state index in [9.17, 15) is 0 Å². The van der Waals surface area contributed by atoms with Crippen LogP contribution in [0.1, 0.15) is 0 Å². The zero-order valence-electron chi connectivity index (χ0n) is 4.22. The summed E-state index contributed by atoms with van der Waals surface area (Å²) in [4.78, 5) is 3.59. The third-order valence-corrected chi connectivity index (χ3v) is 1.09. The van der Waals surface area contributed by atoms with Gasteiger partial charge in [0.15, 0.2) is 0 Å². The van der Waals surface area contributed by atoms with Crippen LogP contribution in [0.3, 0.4) is 0 Å². The van der Waals surface area contributed by atoms with Gasteiger partial charge in [-0.05, 0) is 9.97 Å². The van der Waals surface area contributed by atoms with E-state index in [-0.39, 0.29) is 0 Å². The highest BCUT2D eigenvalue weighted by atomic mass is 79.9. The fourth-order valence-electron chi connectivity index (χ4n) is 0.212. The monoisotopic (exact) mass is 236 g/mol. The highest BCUT2D eigenvalue weighted by molar-refractivity contribution is 9.11. The Morgan fingerprint density at radius 2 is 1.00 bits per heavy atom. The number of allylic oxidation sites excluding steroid dienone is 4. The van der Waals surface area contributed by atoms with Crippen molar-refractivity contribution in [3.05, 3.63) is 34.3 Å². The molecule has 0 aromatic rings. The van der Waals surface area contributed by atoms with Gasteiger partial charge >= 0.3 is 0 Å². The molecule has 0 aliphatic carbocycles. The van der Waals surface area contributed by atoms with Gasteiger partial charge in [-0.3, -0.25) is 0 Å². The van der Waals surface area contributed by atoms with Gasteiger partial charge in [0.05, 0.1) is 0 Å². The molecule has 0 atom stereocenters. The summed E-state index contributed by atoms with van der Waals surface area (Å²) in [6.07, 6.45) is 7.64. The summed E-state index contributed by atoms with van der Waals surface area (Å²) in [5, 5.41) is 0. The van der Waals surface area contributed by atoms with Crippen molar-refractivity contribution in [1.29, 1.82) is 0 Å². The molecule has 0 aromatic heterocycles. The SMILES string of the molecule is Br/C=C/C=C/C=C/Br. The van der Waals surface area contributed by atoms with Crippen LogP contribution in [0.25, 0.3) is 0 Å². The Morgan fingerprint density at radius 1 is 0.625 bits per heavy atom. The minimum atomic E-state index is 1.80. The van der Waals surface area contributed by atoms with Crippen molar-refractivity contribution < 1.29 is 0 Å². The molecule has 0 bridgehead atoms. The number of rotatable bonds is 2. The summed E-state index contributed by atoms with van der Waals surface area (Å²) in [6.45, 7) is 0. The Balaban J connectivity index is 3.35. The zero-order chi connectivity index (χ0) is 6.24. The summed E-state index contributed by atoms with van der Waals surface area (Å²) in [6, 6.07) is 0. The summed E-state index contributed by atoms with van der Waals surface area (Å²) in [5.74, 6) is 0. The van der Waals surface area contributed by atoms with E-state index in [1.165, 1.54) is 0 Å². The number of halogens is 2. The van der Waals surface area contributed by atoms with Crippen LogP contribution in [0.15, 0.2) is 34.3 Å². The third kappa shape index (κ3) is 6.18. The maximum atomic E-state index is 3.13. The Hall–Kier alpha value is 0.180. The van der Waals surface area contributed by atoms with Crippen LogP contribution in [0.5, 0.6) is 0 Å². The first-order valence-electron chi connectivity index (χ1n) is 2.10. The molecule has 2 heteroatoms. The van der Waals surface area contributed by atoms with Gasteiger partial charge in [-0.2, -0.15) is 0 Å². The fourth-order valence-corrected chi connectivity index (χ4v) is 0.565. The van der Waals surface area contributed by atoms with Crippen LogP contribution in [0.2, 0.25) is 0 Å². The summed E-state index contributed by atoms with van der Waals surface area (Å²) >= 11 is 6.27. The van der Waals surface area contributed by atoms with Gasteiger partial charge in [0, 0.05) is 0 Å². The van der Waals surface area contributed by atoms with E-state index in [2.05, 4.69) is 31.9 Å². The Kier molecular flexibility index (Phi) is 7.34. The summed E-state index contributed by atoms with van der Waals surface area (Å²) < 4.78 is 0. The van der Waals surface area contributed by atoms with Crippen molar-refractivity contribution >= 4 is 31.9 Å². The van der Waals surface area contributed by atoms with Crippen molar-refractivity contribution in [3.63, 3.8) is 0 Å². The van der Waals surface area contributed by atoms with Gasteiger partial charge < -0.3 is 0 Å². The topological polar surface area (TPSA) is 0 Å². The van der Waals surface area contributed by atoms with Crippen LogP contribution in [0.4, 0.5) is 0 Å². The van der Waals surface area contributed by atoms with E-state index in [1.807, 2.05) is 24.3 Å². The normalized spacial score (nSPS) is 12.8. The van der Waals surface area contributed by atoms with Crippen LogP contribution in [-0.2, 0) is 0 Å². The predicted molar refractivity (Wildman–Crippen MR) is 45.3 cm³/mol. The molecule has 0 aliphatic rings. The molecule has 0 fully saturated rings. The second-order valence-corrected chi connectivity index (χ2v) is 2.08. The molecule has 0 unspecified atom stereocenters. The third-order valence-electron chi connectivity index (χ3n) is 0.479. The van der Waals surface area contributed by atoms with Crippen molar-refractivity contribution in [3.8, 4) is 0 Å². The smallest absolute Gasteiger partial charge is 0.0189 e. The quantitative estimate of drug-likeness (QED) is 0.647. The average Bonchev–Trinajstić information content (AvgIpc) is 1.81. The van der Waals surface area contributed by atoms with Gasteiger partial charge in [0.1, 0.15) is 0 Å². The molecule has 0 aliphatic heterocycles. The van der Waals surface area contributed by atoms with E-state index in [0.717, 1.165) is 0 Å². The second kappa shape index (κ2) is 7.18. The average molecular weight is 238 g/mol. The minimum absolute atomic E-state index is 1.80. The van der Waals surface area contributed by atoms with E-state index in [0.29, 0.717) is 0 Å². The van der Waals surface area contributed by atoms with Crippen molar-refractivity contribution in [2.75, 3.05) is 0 Å². The highest BCUT2D eigenvalue weighted by Gasteiger charge is 1.56. The molecule has 0 radical (unpaired) electrons. The van der Waals surface area contributed by atoms with Crippen molar-refractivity contribution in [2.45, 2.75) is 0 Å². The van der Waals surface area contributed by atoms with Crippen LogP contribution in [-0.4, -0.2) is 0 Å². The minimum Gasteiger partial charge on any atom is -0.0617 e. The highest BCUT2D eigenvalue weighted by Crippen LogP contribution is 1.86. The second-order valence-electron chi connectivity index (χ2n) is 1.02. The first-order chi connectivity index (χ1) is 3.91. The molecular formula is C6H6Br2. The first kappa shape index (κ1) is 8.18. The lowest BCUT2D eigenvalue weighted by atomic mass is 10.5. The molecule has 0 heterocycles. The van der Waals surface area contributed by atoms with Gasteiger partial charge in [-0.15, -0.1) is 0 Å². The Labute approximate surface area is 66.2 Å². The molecule has 44 valence electrons. The molecule has 0 N–H and O–H groups in total. The number of hydrogen-bond donors (Lipinski definition) is 0. The largest absolute Gasteiger partial charge is 0.0617 e. The van der Waals surface area contributed by atoms with Crippen molar-refractivity contribution in [2.24, 2.45) is 0 Å². The molecule has 0 saturated carbocycles. The molecule has 0 amide bonds. The lowest BCUT2D eigenvalue weighted by Crippen LogP contribution is -1.43. The Bertz CT molecular complexity index is 97.7. The van der Waals surface area contributed by atoms with Crippen LogP contribution in [0, 0.1) is 0 Å². The molecule has 0 nitrogen and oxygen atoms in total. The lowest BCUT2D eigenvalue weighted by molar-refractivity contribution is 1.97. The lowest BCUT2D eigenvalue weighted by Gasteiger charge is -1.66. The van der Waals surface area contributed by atoms with Crippen molar-refractivity contribution in [1.82, 2.24) is 0 Å². The molecule has 0 rings (SSSR count). The van der Waals surface area contributed by atoms with Gasteiger partial charge in [0.2, 0.25) is 0 Å². The van der Waals surface area contributed by atoms with Gasteiger partial charge in [-0.25, -0.2) is 0 Å². The molecule has 0 saturated heterocycles.